The van der Waals surface area contributed by atoms with Crippen molar-refractivity contribution in [3.8, 4) is 17.4 Å². The quantitative estimate of drug-likeness (QED) is 0.793. The van der Waals surface area contributed by atoms with E-state index in [9.17, 15) is 8.42 Å². The van der Waals surface area contributed by atoms with Crippen LogP contribution >= 0.6 is 10.7 Å². The number of aromatic nitrogens is 1. The van der Waals surface area contributed by atoms with E-state index in [1.807, 2.05) is 6.92 Å². The lowest BCUT2D eigenvalue weighted by Gasteiger charge is -2.06. The number of pyridine rings is 1. The normalized spacial score (nSPS) is 11.1. The van der Waals surface area contributed by atoms with Gasteiger partial charge in [-0.2, -0.15) is 0 Å². The van der Waals surface area contributed by atoms with Gasteiger partial charge in [0.05, 0.1) is 12.8 Å². The third-order valence-electron chi connectivity index (χ3n) is 2.35. The van der Waals surface area contributed by atoms with Gasteiger partial charge < -0.3 is 9.47 Å². The predicted octanol–water partition coefficient (Wildman–Crippen LogP) is 3.20. The molecule has 0 amide bonds. The van der Waals surface area contributed by atoms with Gasteiger partial charge in [-0.25, -0.2) is 13.4 Å². The third kappa shape index (κ3) is 3.85. The van der Waals surface area contributed by atoms with E-state index >= 15 is 0 Å². The van der Waals surface area contributed by atoms with Crippen molar-refractivity contribution in [1.82, 2.24) is 4.98 Å². The number of hydrogen-bond acceptors (Lipinski definition) is 5. The second-order valence-electron chi connectivity index (χ2n) is 3.78. The molecule has 1 aromatic heterocycles. The monoisotopic (exact) mass is 313 g/mol. The van der Waals surface area contributed by atoms with Crippen LogP contribution in [-0.4, -0.2) is 20.0 Å². The van der Waals surface area contributed by atoms with Crippen LogP contribution in [0.4, 0.5) is 0 Å². The molecular formula is C13H12ClNO4S. The highest BCUT2D eigenvalue weighted by atomic mass is 35.7. The van der Waals surface area contributed by atoms with Gasteiger partial charge in [-0.1, -0.05) is 0 Å². The molecule has 5 nitrogen and oxygen atoms in total. The second-order valence-corrected chi connectivity index (χ2v) is 6.34. The van der Waals surface area contributed by atoms with Gasteiger partial charge in [0.15, 0.2) is 0 Å². The maximum atomic E-state index is 11.1. The number of rotatable bonds is 5. The van der Waals surface area contributed by atoms with Gasteiger partial charge in [-0.3, -0.25) is 0 Å². The molecule has 0 atom stereocenters. The molecule has 0 radical (unpaired) electrons. The zero-order chi connectivity index (χ0) is 14.6. The largest absolute Gasteiger partial charge is 0.494 e. The first kappa shape index (κ1) is 14.6. The zero-order valence-electron chi connectivity index (χ0n) is 10.6. The SMILES string of the molecule is CCOc1ccc(Oc2ccc(S(=O)(=O)Cl)cn2)cc1. The van der Waals surface area contributed by atoms with Gasteiger partial charge in [-0.05, 0) is 37.3 Å². The highest BCUT2D eigenvalue weighted by Gasteiger charge is 2.10. The molecule has 7 heteroatoms. The van der Waals surface area contributed by atoms with E-state index in [0.717, 1.165) is 11.9 Å². The zero-order valence-corrected chi connectivity index (χ0v) is 12.2. The fourth-order valence-corrected chi connectivity index (χ4v) is 2.15. The fourth-order valence-electron chi connectivity index (χ4n) is 1.46. The molecule has 0 saturated carbocycles. The molecule has 0 fully saturated rings. The molecule has 2 rings (SSSR count). The Hall–Kier alpha value is -1.79. The van der Waals surface area contributed by atoms with Gasteiger partial charge in [0, 0.05) is 16.7 Å². The number of ether oxygens (including phenoxy) is 2. The highest BCUT2D eigenvalue weighted by Crippen LogP contribution is 2.23. The van der Waals surface area contributed by atoms with E-state index in [1.165, 1.54) is 12.1 Å². The van der Waals surface area contributed by atoms with E-state index in [1.54, 1.807) is 24.3 Å². The van der Waals surface area contributed by atoms with Crippen molar-refractivity contribution in [1.29, 1.82) is 0 Å². The summed E-state index contributed by atoms with van der Waals surface area (Å²) in [5.74, 6) is 1.59. The summed E-state index contributed by atoms with van der Waals surface area (Å²) < 4.78 is 32.9. The standard InChI is InChI=1S/C13H12ClNO4S/c1-2-18-10-3-5-11(6-4-10)19-13-8-7-12(9-15-13)20(14,16)17/h3-9H,2H2,1H3. The maximum Gasteiger partial charge on any atom is 0.262 e. The fraction of sp³-hybridized carbons (Fsp3) is 0.154. The average Bonchev–Trinajstić information content (AvgIpc) is 2.41. The van der Waals surface area contributed by atoms with E-state index in [0.29, 0.717) is 12.4 Å². The van der Waals surface area contributed by atoms with Crippen LogP contribution in [0.15, 0.2) is 47.5 Å². The first-order chi connectivity index (χ1) is 9.49. The van der Waals surface area contributed by atoms with Crippen LogP contribution in [-0.2, 0) is 9.05 Å². The van der Waals surface area contributed by atoms with Crippen LogP contribution in [0.2, 0.25) is 0 Å². The summed E-state index contributed by atoms with van der Waals surface area (Å²) in [5, 5.41) is 0. The number of halogens is 1. The van der Waals surface area contributed by atoms with E-state index in [-0.39, 0.29) is 10.8 Å². The number of hydrogen-bond donors (Lipinski definition) is 0. The van der Waals surface area contributed by atoms with Crippen LogP contribution in [0, 0.1) is 0 Å². The van der Waals surface area contributed by atoms with Gasteiger partial charge in [0.1, 0.15) is 16.4 Å². The Kier molecular flexibility index (Phi) is 4.46. The minimum absolute atomic E-state index is 0.0711. The molecule has 0 N–H and O–H groups in total. The Labute approximate surface area is 121 Å². The molecule has 2 aromatic rings. The smallest absolute Gasteiger partial charge is 0.262 e. The van der Waals surface area contributed by atoms with Crippen LogP contribution in [0.5, 0.6) is 17.4 Å². The molecule has 1 aromatic carbocycles. The second kappa shape index (κ2) is 6.11. The minimum Gasteiger partial charge on any atom is -0.494 e. The van der Waals surface area contributed by atoms with Crippen molar-refractivity contribution in [2.75, 3.05) is 6.61 Å². The molecule has 20 heavy (non-hydrogen) atoms. The lowest BCUT2D eigenvalue weighted by molar-refractivity contribution is 0.339. The summed E-state index contributed by atoms with van der Waals surface area (Å²) in [6, 6.07) is 9.79. The van der Waals surface area contributed by atoms with Crippen molar-refractivity contribution in [2.45, 2.75) is 11.8 Å². The summed E-state index contributed by atoms with van der Waals surface area (Å²) in [7, 11) is 1.43. The lowest BCUT2D eigenvalue weighted by Crippen LogP contribution is -1.94. The third-order valence-corrected chi connectivity index (χ3v) is 3.69. The van der Waals surface area contributed by atoms with Crippen molar-refractivity contribution in [3.05, 3.63) is 42.6 Å². The van der Waals surface area contributed by atoms with E-state index < -0.39 is 9.05 Å². The summed E-state index contributed by atoms with van der Waals surface area (Å²) >= 11 is 0. The number of benzene rings is 1. The van der Waals surface area contributed by atoms with Gasteiger partial charge >= 0.3 is 0 Å². The molecule has 0 aliphatic heterocycles. The molecule has 106 valence electrons. The van der Waals surface area contributed by atoms with Gasteiger partial charge in [-0.15, -0.1) is 0 Å². The Balaban J connectivity index is 2.10. The van der Waals surface area contributed by atoms with Crippen molar-refractivity contribution < 1.29 is 17.9 Å². The Morgan fingerprint density at radius 1 is 1.10 bits per heavy atom. The summed E-state index contributed by atoms with van der Waals surface area (Å²) in [6.45, 7) is 2.50. The lowest BCUT2D eigenvalue weighted by atomic mass is 10.3. The van der Waals surface area contributed by atoms with E-state index in [4.69, 9.17) is 20.2 Å². The summed E-state index contributed by atoms with van der Waals surface area (Å²) in [4.78, 5) is 3.81. The van der Waals surface area contributed by atoms with Crippen LogP contribution in [0.1, 0.15) is 6.92 Å². The summed E-state index contributed by atoms with van der Waals surface area (Å²) in [5.41, 5.74) is 0. The van der Waals surface area contributed by atoms with Crippen molar-refractivity contribution in [2.24, 2.45) is 0 Å². The molecule has 0 aliphatic rings. The van der Waals surface area contributed by atoms with Crippen LogP contribution < -0.4 is 9.47 Å². The number of nitrogens with zero attached hydrogens (tertiary/aromatic N) is 1. The maximum absolute atomic E-state index is 11.1. The first-order valence-corrected chi connectivity index (χ1v) is 8.11. The van der Waals surface area contributed by atoms with Crippen LogP contribution in [0.3, 0.4) is 0 Å². The molecule has 0 saturated heterocycles. The molecule has 0 unspecified atom stereocenters. The minimum atomic E-state index is -3.77. The Morgan fingerprint density at radius 2 is 1.75 bits per heavy atom. The van der Waals surface area contributed by atoms with E-state index in [2.05, 4.69) is 4.98 Å². The Bertz CT molecular complexity index is 669. The van der Waals surface area contributed by atoms with Gasteiger partial charge in [0.2, 0.25) is 5.88 Å². The van der Waals surface area contributed by atoms with Crippen molar-refractivity contribution >= 4 is 19.7 Å². The first-order valence-electron chi connectivity index (χ1n) is 5.80. The molecule has 0 aliphatic carbocycles. The topological polar surface area (TPSA) is 65.5 Å². The molecule has 0 spiro atoms. The molecular weight excluding hydrogens is 302 g/mol. The summed E-state index contributed by atoms with van der Waals surface area (Å²) in [6.07, 6.45) is 1.15. The highest BCUT2D eigenvalue weighted by molar-refractivity contribution is 8.13. The Morgan fingerprint density at radius 3 is 2.25 bits per heavy atom. The molecule has 0 bridgehead atoms. The van der Waals surface area contributed by atoms with Crippen LogP contribution in [0.25, 0.3) is 0 Å². The van der Waals surface area contributed by atoms with Crippen molar-refractivity contribution in [3.63, 3.8) is 0 Å². The average molecular weight is 314 g/mol. The van der Waals surface area contributed by atoms with Gasteiger partial charge in [0.25, 0.3) is 9.05 Å². The predicted molar refractivity (Wildman–Crippen MR) is 75.0 cm³/mol. The molecule has 1 heterocycles.